The number of alkyl halides is 3. The Morgan fingerprint density at radius 1 is 1.45 bits per heavy atom. The first kappa shape index (κ1) is 8.84. The summed E-state index contributed by atoms with van der Waals surface area (Å²) >= 11 is 0. The van der Waals surface area contributed by atoms with Crippen LogP contribution in [0, 0.1) is 0 Å². The molecule has 1 aliphatic carbocycles. The van der Waals surface area contributed by atoms with E-state index in [0.717, 1.165) is 12.8 Å². The Hall–Kier alpha value is -0.250. The molecule has 0 radical (unpaired) electrons. The molecule has 11 heavy (non-hydrogen) atoms. The van der Waals surface area contributed by atoms with Gasteiger partial charge in [-0.05, 0) is 19.8 Å². The standard InChI is InChI=1S/C7H12F3N/c1-5(4-7(8,9)10)11-6-2-3-6/h5-6,11H,2-4H2,1H3. The van der Waals surface area contributed by atoms with E-state index in [-0.39, 0.29) is 0 Å². The van der Waals surface area contributed by atoms with Gasteiger partial charge in [-0.15, -0.1) is 0 Å². The van der Waals surface area contributed by atoms with Gasteiger partial charge in [-0.25, -0.2) is 0 Å². The third-order valence-corrected chi connectivity index (χ3v) is 1.64. The summed E-state index contributed by atoms with van der Waals surface area (Å²) in [5.74, 6) is 0. The molecule has 0 spiro atoms. The first-order valence-electron chi connectivity index (χ1n) is 3.80. The molecular formula is C7H12F3N. The summed E-state index contributed by atoms with van der Waals surface area (Å²) in [6.45, 7) is 1.58. The fourth-order valence-electron chi connectivity index (χ4n) is 1.06. The lowest BCUT2D eigenvalue weighted by atomic mass is 10.2. The predicted molar refractivity (Wildman–Crippen MR) is 36.3 cm³/mol. The van der Waals surface area contributed by atoms with Crippen LogP contribution in [0.5, 0.6) is 0 Å². The van der Waals surface area contributed by atoms with Crippen LogP contribution >= 0.6 is 0 Å². The van der Waals surface area contributed by atoms with Crippen molar-refractivity contribution < 1.29 is 13.2 Å². The van der Waals surface area contributed by atoms with E-state index in [1.165, 1.54) is 0 Å². The van der Waals surface area contributed by atoms with Crippen LogP contribution in [-0.2, 0) is 0 Å². The van der Waals surface area contributed by atoms with Gasteiger partial charge in [-0.3, -0.25) is 0 Å². The van der Waals surface area contributed by atoms with Gasteiger partial charge in [0, 0.05) is 12.1 Å². The van der Waals surface area contributed by atoms with Crippen molar-refractivity contribution in [3.63, 3.8) is 0 Å². The van der Waals surface area contributed by atoms with Crippen LogP contribution in [0.4, 0.5) is 13.2 Å². The van der Waals surface area contributed by atoms with Crippen molar-refractivity contribution in [2.75, 3.05) is 0 Å². The van der Waals surface area contributed by atoms with Gasteiger partial charge in [0.25, 0.3) is 0 Å². The second-order valence-electron chi connectivity index (χ2n) is 3.16. The summed E-state index contributed by atoms with van der Waals surface area (Å²) in [7, 11) is 0. The minimum atomic E-state index is -4.03. The fourth-order valence-corrected chi connectivity index (χ4v) is 1.06. The quantitative estimate of drug-likeness (QED) is 0.678. The Kier molecular flexibility index (Phi) is 2.42. The molecule has 66 valence electrons. The van der Waals surface area contributed by atoms with Gasteiger partial charge >= 0.3 is 6.18 Å². The fraction of sp³-hybridized carbons (Fsp3) is 1.00. The maximum Gasteiger partial charge on any atom is 0.390 e. The van der Waals surface area contributed by atoms with Crippen molar-refractivity contribution >= 4 is 0 Å². The highest BCUT2D eigenvalue weighted by Crippen LogP contribution is 2.24. The number of nitrogens with one attached hydrogen (secondary N) is 1. The van der Waals surface area contributed by atoms with Crippen LogP contribution < -0.4 is 5.32 Å². The first-order chi connectivity index (χ1) is 4.97. The summed E-state index contributed by atoms with van der Waals surface area (Å²) < 4.78 is 35.2. The van der Waals surface area contributed by atoms with Gasteiger partial charge in [-0.1, -0.05) is 0 Å². The first-order valence-corrected chi connectivity index (χ1v) is 3.80. The van der Waals surface area contributed by atoms with Crippen LogP contribution in [0.15, 0.2) is 0 Å². The van der Waals surface area contributed by atoms with Gasteiger partial charge in [-0.2, -0.15) is 13.2 Å². The maximum atomic E-state index is 11.7. The lowest BCUT2D eigenvalue weighted by Crippen LogP contribution is -2.32. The highest BCUT2D eigenvalue weighted by atomic mass is 19.4. The van der Waals surface area contributed by atoms with E-state index in [1.54, 1.807) is 6.92 Å². The molecule has 1 N–H and O–H groups in total. The smallest absolute Gasteiger partial charge is 0.311 e. The van der Waals surface area contributed by atoms with Gasteiger partial charge < -0.3 is 5.32 Å². The minimum absolute atomic E-state index is 0.354. The summed E-state index contributed by atoms with van der Waals surface area (Å²) in [6.07, 6.45) is -2.69. The van der Waals surface area contributed by atoms with Crippen LogP contribution in [0.3, 0.4) is 0 Å². The van der Waals surface area contributed by atoms with E-state index in [1.807, 2.05) is 0 Å². The van der Waals surface area contributed by atoms with Crippen LogP contribution in [-0.4, -0.2) is 18.3 Å². The Morgan fingerprint density at radius 2 is 2.00 bits per heavy atom. The molecule has 4 heteroatoms. The van der Waals surface area contributed by atoms with Crippen molar-refractivity contribution in [1.29, 1.82) is 0 Å². The second-order valence-corrected chi connectivity index (χ2v) is 3.16. The lowest BCUT2D eigenvalue weighted by Gasteiger charge is -2.14. The highest BCUT2D eigenvalue weighted by molar-refractivity contribution is 4.84. The molecular weight excluding hydrogens is 155 g/mol. The molecule has 0 aliphatic heterocycles. The summed E-state index contributed by atoms with van der Waals surface area (Å²) in [4.78, 5) is 0. The lowest BCUT2D eigenvalue weighted by molar-refractivity contribution is -0.139. The van der Waals surface area contributed by atoms with Gasteiger partial charge in [0.05, 0.1) is 6.42 Å². The van der Waals surface area contributed by atoms with Crippen molar-refractivity contribution in [2.24, 2.45) is 0 Å². The molecule has 1 unspecified atom stereocenters. The number of halogens is 3. The zero-order valence-electron chi connectivity index (χ0n) is 6.41. The van der Waals surface area contributed by atoms with Crippen LogP contribution in [0.2, 0.25) is 0 Å². The molecule has 0 aromatic rings. The van der Waals surface area contributed by atoms with E-state index < -0.39 is 18.6 Å². The molecule has 1 aliphatic rings. The minimum Gasteiger partial charge on any atom is -0.311 e. The van der Waals surface area contributed by atoms with Crippen molar-refractivity contribution in [3.05, 3.63) is 0 Å². The molecule has 1 fully saturated rings. The molecule has 1 saturated carbocycles. The average molecular weight is 167 g/mol. The van der Waals surface area contributed by atoms with Gasteiger partial charge in [0.2, 0.25) is 0 Å². The van der Waals surface area contributed by atoms with E-state index in [9.17, 15) is 13.2 Å². The van der Waals surface area contributed by atoms with Gasteiger partial charge in [0.15, 0.2) is 0 Å². The maximum absolute atomic E-state index is 11.7. The van der Waals surface area contributed by atoms with Crippen LogP contribution in [0.25, 0.3) is 0 Å². The summed E-state index contributed by atoms with van der Waals surface area (Å²) in [5, 5.41) is 2.89. The van der Waals surface area contributed by atoms with Crippen molar-refractivity contribution in [3.8, 4) is 0 Å². The molecule has 0 aromatic carbocycles. The topological polar surface area (TPSA) is 12.0 Å². The molecule has 0 aromatic heterocycles. The van der Waals surface area contributed by atoms with E-state index in [0.29, 0.717) is 6.04 Å². The third kappa shape index (κ3) is 4.24. The molecule has 0 heterocycles. The van der Waals surface area contributed by atoms with Crippen molar-refractivity contribution in [1.82, 2.24) is 5.32 Å². The van der Waals surface area contributed by atoms with E-state index in [4.69, 9.17) is 0 Å². The van der Waals surface area contributed by atoms with Gasteiger partial charge in [0.1, 0.15) is 0 Å². The van der Waals surface area contributed by atoms with E-state index >= 15 is 0 Å². The summed E-state index contributed by atoms with van der Waals surface area (Å²) in [6, 6.07) is -0.0742. The molecule has 1 nitrogen and oxygen atoms in total. The zero-order valence-corrected chi connectivity index (χ0v) is 6.41. The molecule has 0 bridgehead atoms. The number of hydrogen-bond donors (Lipinski definition) is 1. The molecule has 1 atom stereocenters. The second kappa shape index (κ2) is 3.01. The molecule has 0 saturated heterocycles. The van der Waals surface area contributed by atoms with Crippen LogP contribution in [0.1, 0.15) is 26.2 Å². The number of hydrogen-bond acceptors (Lipinski definition) is 1. The SMILES string of the molecule is CC(CC(F)(F)F)NC1CC1. The molecule has 1 rings (SSSR count). The van der Waals surface area contributed by atoms with E-state index in [2.05, 4.69) is 5.32 Å². The van der Waals surface area contributed by atoms with Crippen molar-refractivity contribution in [2.45, 2.75) is 44.4 Å². The summed E-state index contributed by atoms with van der Waals surface area (Å²) in [5.41, 5.74) is 0. The zero-order chi connectivity index (χ0) is 8.48. The third-order valence-electron chi connectivity index (χ3n) is 1.64. The Balaban J connectivity index is 2.13. The predicted octanol–water partition coefficient (Wildman–Crippen LogP) is 2.08. The number of rotatable bonds is 3. The Bertz CT molecular complexity index is 128. The largest absolute Gasteiger partial charge is 0.390 e. The Morgan fingerprint density at radius 3 is 2.36 bits per heavy atom. The highest BCUT2D eigenvalue weighted by Gasteiger charge is 2.32. The molecule has 0 amide bonds. The monoisotopic (exact) mass is 167 g/mol. The normalized spacial score (nSPS) is 21.8. The average Bonchev–Trinajstić information content (AvgIpc) is 2.42. The Labute approximate surface area is 64.0 Å².